The maximum absolute atomic E-state index is 6.25. The Morgan fingerprint density at radius 1 is 0.958 bits per heavy atom. The van der Waals surface area contributed by atoms with E-state index in [4.69, 9.17) is 9.31 Å². The lowest BCUT2D eigenvalue weighted by Crippen LogP contribution is -2.41. The lowest BCUT2D eigenvalue weighted by atomic mass is 9.74. The van der Waals surface area contributed by atoms with Crippen molar-refractivity contribution >= 4 is 18.3 Å². The van der Waals surface area contributed by atoms with Gasteiger partial charge >= 0.3 is 7.12 Å². The van der Waals surface area contributed by atoms with Gasteiger partial charge in [-0.3, -0.25) is 0 Å². The molecule has 0 spiro atoms. The number of rotatable bonds is 2. The second-order valence-electron chi connectivity index (χ2n) is 9.31. The van der Waals surface area contributed by atoms with Crippen LogP contribution in [0.3, 0.4) is 0 Å². The van der Waals surface area contributed by atoms with Crippen LogP contribution in [0.5, 0.6) is 0 Å². The van der Waals surface area contributed by atoms with Crippen LogP contribution in [0.25, 0.3) is 0 Å². The molecule has 0 unspecified atom stereocenters. The first-order valence-corrected chi connectivity index (χ1v) is 9.26. The van der Waals surface area contributed by atoms with E-state index in [1.807, 2.05) is 0 Å². The Morgan fingerprint density at radius 2 is 1.50 bits per heavy atom. The van der Waals surface area contributed by atoms with E-state index in [0.29, 0.717) is 0 Å². The molecule has 3 rings (SSSR count). The van der Waals surface area contributed by atoms with Crippen molar-refractivity contribution in [3.8, 4) is 0 Å². The lowest BCUT2D eigenvalue weighted by molar-refractivity contribution is 0.00578. The summed E-state index contributed by atoms with van der Waals surface area (Å²) in [6.45, 7) is 17.6. The summed E-state index contributed by atoms with van der Waals surface area (Å²) in [5, 5.41) is 0. The third-order valence-electron chi connectivity index (χ3n) is 5.80. The van der Waals surface area contributed by atoms with Crippen LogP contribution < -0.4 is 10.4 Å². The summed E-state index contributed by atoms with van der Waals surface area (Å²) >= 11 is 0. The van der Waals surface area contributed by atoms with Crippen LogP contribution in [0.1, 0.15) is 66.9 Å². The van der Waals surface area contributed by atoms with Crippen LogP contribution in [0.4, 0.5) is 5.69 Å². The maximum atomic E-state index is 6.25. The SMILES string of the molecule is CC(C)(C)c1cc(B2OC(C)(C)C(C)(C)O2)ccc1N1CCCC1. The Bertz CT molecular complexity index is 597. The fourth-order valence-corrected chi connectivity index (χ4v) is 3.51. The largest absolute Gasteiger partial charge is 0.494 e. The smallest absolute Gasteiger partial charge is 0.399 e. The van der Waals surface area contributed by atoms with Crippen molar-refractivity contribution in [3.05, 3.63) is 23.8 Å². The number of anilines is 1. The summed E-state index contributed by atoms with van der Waals surface area (Å²) < 4.78 is 12.5. The van der Waals surface area contributed by atoms with Gasteiger partial charge in [-0.15, -0.1) is 0 Å². The Balaban J connectivity index is 1.97. The van der Waals surface area contributed by atoms with E-state index in [1.165, 1.54) is 37.2 Å². The van der Waals surface area contributed by atoms with Gasteiger partial charge in [0.15, 0.2) is 0 Å². The highest BCUT2D eigenvalue weighted by Gasteiger charge is 2.51. The zero-order chi connectivity index (χ0) is 17.8. The topological polar surface area (TPSA) is 21.7 Å². The molecular formula is C20H32BNO2. The summed E-state index contributed by atoms with van der Waals surface area (Å²) in [5.41, 5.74) is 3.39. The first-order chi connectivity index (χ1) is 11.0. The molecule has 0 aliphatic carbocycles. The Kier molecular flexibility index (Phi) is 4.29. The third kappa shape index (κ3) is 3.11. The van der Waals surface area contributed by atoms with Gasteiger partial charge in [0.25, 0.3) is 0 Å². The van der Waals surface area contributed by atoms with E-state index < -0.39 is 0 Å². The van der Waals surface area contributed by atoms with Crippen molar-refractivity contribution in [2.75, 3.05) is 18.0 Å². The van der Waals surface area contributed by atoms with Crippen molar-refractivity contribution < 1.29 is 9.31 Å². The van der Waals surface area contributed by atoms with Gasteiger partial charge < -0.3 is 14.2 Å². The normalized spacial score (nSPS) is 23.1. The molecule has 0 aromatic heterocycles. The first-order valence-electron chi connectivity index (χ1n) is 9.26. The fourth-order valence-electron chi connectivity index (χ4n) is 3.51. The molecule has 1 aromatic carbocycles. The molecule has 2 saturated heterocycles. The molecule has 0 amide bonds. The molecule has 0 saturated carbocycles. The number of benzene rings is 1. The summed E-state index contributed by atoms with van der Waals surface area (Å²) in [5.74, 6) is 0. The summed E-state index contributed by atoms with van der Waals surface area (Å²) in [7, 11) is -0.288. The Hall–Kier alpha value is -0.995. The van der Waals surface area contributed by atoms with Gasteiger partial charge in [0.1, 0.15) is 0 Å². The quantitative estimate of drug-likeness (QED) is 0.769. The van der Waals surface area contributed by atoms with Gasteiger partial charge in [-0.1, -0.05) is 32.9 Å². The molecule has 0 atom stereocenters. The average Bonchev–Trinajstić information content (AvgIpc) is 3.04. The molecule has 1 aromatic rings. The van der Waals surface area contributed by atoms with Crippen LogP contribution in [-0.2, 0) is 14.7 Å². The second-order valence-corrected chi connectivity index (χ2v) is 9.31. The zero-order valence-corrected chi connectivity index (χ0v) is 16.4. The standard InChI is InChI=1S/C20H32BNO2/c1-18(2,3)16-14-15(10-11-17(16)22-12-8-9-13-22)21-23-19(4,5)20(6,7)24-21/h10-11,14H,8-9,12-13H2,1-7H3. The molecule has 2 aliphatic rings. The van der Waals surface area contributed by atoms with Gasteiger partial charge in [0, 0.05) is 18.8 Å². The molecule has 0 N–H and O–H groups in total. The zero-order valence-electron chi connectivity index (χ0n) is 16.4. The van der Waals surface area contributed by atoms with Gasteiger partial charge in [-0.25, -0.2) is 0 Å². The predicted molar refractivity (Wildman–Crippen MR) is 102 cm³/mol. The fraction of sp³-hybridized carbons (Fsp3) is 0.700. The summed E-state index contributed by atoms with van der Waals surface area (Å²) in [6.07, 6.45) is 2.59. The van der Waals surface area contributed by atoms with E-state index >= 15 is 0 Å². The molecule has 2 heterocycles. The van der Waals surface area contributed by atoms with Gasteiger partial charge in [-0.05, 0) is 63.0 Å². The Labute approximate surface area is 147 Å². The molecule has 4 heteroatoms. The highest BCUT2D eigenvalue weighted by molar-refractivity contribution is 6.62. The number of hydrogen-bond donors (Lipinski definition) is 0. The predicted octanol–water partition coefficient (Wildman–Crippen LogP) is 3.88. The second kappa shape index (κ2) is 5.77. The minimum atomic E-state index is -0.298. The molecule has 132 valence electrons. The summed E-state index contributed by atoms with van der Waals surface area (Å²) in [6, 6.07) is 6.76. The van der Waals surface area contributed by atoms with Gasteiger partial charge in [0.05, 0.1) is 11.2 Å². The van der Waals surface area contributed by atoms with Crippen molar-refractivity contribution in [2.45, 2.75) is 77.9 Å². The molecule has 2 fully saturated rings. The monoisotopic (exact) mass is 329 g/mol. The lowest BCUT2D eigenvalue weighted by Gasteiger charge is -2.32. The van der Waals surface area contributed by atoms with Crippen molar-refractivity contribution in [2.24, 2.45) is 0 Å². The molecular weight excluding hydrogens is 297 g/mol. The van der Waals surface area contributed by atoms with Crippen molar-refractivity contribution in [1.82, 2.24) is 0 Å². The average molecular weight is 329 g/mol. The van der Waals surface area contributed by atoms with Gasteiger partial charge in [0.2, 0.25) is 0 Å². The van der Waals surface area contributed by atoms with Crippen LogP contribution in [0, 0.1) is 0 Å². The van der Waals surface area contributed by atoms with Crippen LogP contribution in [0.2, 0.25) is 0 Å². The number of nitrogens with zero attached hydrogens (tertiary/aromatic N) is 1. The highest BCUT2D eigenvalue weighted by Crippen LogP contribution is 2.38. The van der Waals surface area contributed by atoms with E-state index in [2.05, 4.69) is 71.6 Å². The van der Waals surface area contributed by atoms with Crippen molar-refractivity contribution in [3.63, 3.8) is 0 Å². The summed E-state index contributed by atoms with van der Waals surface area (Å²) in [4.78, 5) is 2.52. The van der Waals surface area contributed by atoms with E-state index in [9.17, 15) is 0 Å². The van der Waals surface area contributed by atoms with E-state index in [1.54, 1.807) is 0 Å². The molecule has 24 heavy (non-hydrogen) atoms. The molecule has 3 nitrogen and oxygen atoms in total. The van der Waals surface area contributed by atoms with Gasteiger partial charge in [-0.2, -0.15) is 0 Å². The minimum absolute atomic E-state index is 0.0948. The van der Waals surface area contributed by atoms with Crippen LogP contribution >= 0.6 is 0 Å². The maximum Gasteiger partial charge on any atom is 0.494 e. The Morgan fingerprint density at radius 3 is 2.00 bits per heavy atom. The highest BCUT2D eigenvalue weighted by atomic mass is 16.7. The van der Waals surface area contributed by atoms with E-state index in [0.717, 1.165) is 5.46 Å². The minimum Gasteiger partial charge on any atom is -0.399 e. The van der Waals surface area contributed by atoms with Crippen LogP contribution in [-0.4, -0.2) is 31.4 Å². The molecule has 0 bridgehead atoms. The van der Waals surface area contributed by atoms with E-state index in [-0.39, 0.29) is 23.7 Å². The third-order valence-corrected chi connectivity index (χ3v) is 5.80. The molecule has 0 radical (unpaired) electrons. The van der Waals surface area contributed by atoms with Crippen LogP contribution in [0.15, 0.2) is 18.2 Å². The molecule has 2 aliphatic heterocycles. The first kappa shape index (κ1) is 17.8. The van der Waals surface area contributed by atoms with Crippen molar-refractivity contribution in [1.29, 1.82) is 0 Å². The number of hydrogen-bond acceptors (Lipinski definition) is 3.